The molecule has 0 fully saturated rings. The molecule has 2 N–H and O–H groups in total. The van der Waals surface area contributed by atoms with Crippen LogP contribution in [0.1, 0.15) is 30.1 Å². The number of carbonyl (C=O) groups is 1. The molecule has 0 saturated carbocycles. The molecule has 4 nitrogen and oxygen atoms in total. The second-order valence-corrected chi connectivity index (χ2v) is 10.7. The number of allylic oxidation sites excluding steroid dienone is 1. The number of benzene rings is 2. The van der Waals surface area contributed by atoms with E-state index in [2.05, 4.69) is 0 Å². The molecule has 152 valence electrons. The lowest BCUT2D eigenvalue weighted by molar-refractivity contribution is -0.118. The highest BCUT2D eigenvalue weighted by molar-refractivity contribution is 7.59. The first kappa shape index (κ1) is 21.8. The molecular weight excluding hydrogens is 425 g/mol. The summed E-state index contributed by atoms with van der Waals surface area (Å²) in [6, 6.07) is 13.0. The lowest BCUT2D eigenvalue weighted by Crippen LogP contribution is -2.13. The molecule has 0 bridgehead atoms. The van der Waals surface area contributed by atoms with Gasteiger partial charge in [0.25, 0.3) is 0 Å². The Labute approximate surface area is 179 Å². The van der Waals surface area contributed by atoms with Crippen LogP contribution in [0.4, 0.5) is 5.69 Å². The van der Waals surface area contributed by atoms with E-state index in [1.54, 1.807) is 19.1 Å². The van der Waals surface area contributed by atoms with Crippen molar-refractivity contribution in [3.63, 3.8) is 0 Å². The standard InChI is InChI=1S/C22H23ClNO3PS/c1-3-27-28(2,26)22(18-14-29-21-12-11-16(23)13-17(18)21)20(25)10-6-8-15-7-4-5-9-19(15)24/h4-9,11-14,22H,3,10,24H2,1-2H3/b8-6+. The van der Waals surface area contributed by atoms with Crippen molar-refractivity contribution < 1.29 is 13.9 Å². The fraction of sp³-hybridized carbons (Fsp3) is 0.227. The molecule has 0 saturated heterocycles. The topological polar surface area (TPSA) is 69.4 Å². The first-order chi connectivity index (χ1) is 13.8. The Morgan fingerprint density at radius 1 is 1.31 bits per heavy atom. The van der Waals surface area contributed by atoms with E-state index >= 15 is 0 Å². The maximum absolute atomic E-state index is 13.4. The number of hydrogen-bond acceptors (Lipinski definition) is 5. The molecule has 0 amide bonds. The van der Waals surface area contributed by atoms with Crippen LogP contribution >= 0.6 is 30.3 Å². The monoisotopic (exact) mass is 447 g/mol. The van der Waals surface area contributed by atoms with E-state index in [0.717, 1.165) is 15.6 Å². The molecule has 0 spiro atoms. The molecule has 0 aliphatic rings. The van der Waals surface area contributed by atoms with E-state index in [1.807, 2.05) is 47.9 Å². The average Bonchev–Trinajstić information content (AvgIpc) is 3.06. The number of fused-ring (bicyclic) bond motifs is 1. The van der Waals surface area contributed by atoms with Crippen LogP contribution in [-0.4, -0.2) is 19.1 Å². The van der Waals surface area contributed by atoms with Gasteiger partial charge in [-0.25, -0.2) is 0 Å². The van der Waals surface area contributed by atoms with Crippen molar-refractivity contribution in [1.29, 1.82) is 0 Å². The number of carbonyl (C=O) groups excluding carboxylic acids is 1. The number of rotatable bonds is 8. The van der Waals surface area contributed by atoms with Crippen LogP contribution in [0.25, 0.3) is 16.2 Å². The molecule has 0 radical (unpaired) electrons. The van der Waals surface area contributed by atoms with Crippen molar-refractivity contribution in [2.45, 2.75) is 19.0 Å². The molecule has 1 heterocycles. The molecule has 29 heavy (non-hydrogen) atoms. The molecule has 3 rings (SSSR count). The molecule has 2 aromatic carbocycles. The number of para-hydroxylation sites is 1. The smallest absolute Gasteiger partial charge is 0.214 e. The quantitative estimate of drug-likeness (QED) is 0.304. The Hall–Kier alpha value is -1.91. The zero-order valence-corrected chi connectivity index (χ0v) is 18.8. The van der Waals surface area contributed by atoms with Gasteiger partial charge in [-0.15, -0.1) is 11.3 Å². The fourth-order valence-electron chi connectivity index (χ4n) is 3.33. The van der Waals surface area contributed by atoms with Gasteiger partial charge in [0.1, 0.15) is 5.66 Å². The Bertz CT molecular complexity index is 1110. The van der Waals surface area contributed by atoms with Gasteiger partial charge in [0.05, 0.1) is 6.61 Å². The average molecular weight is 448 g/mol. The number of nitrogens with two attached hydrogens (primary N) is 1. The number of Topliss-reactive ketones (excluding diaryl/α,β-unsaturated/α-hetero) is 1. The Balaban J connectivity index is 1.95. The first-order valence-corrected chi connectivity index (χ1v) is 12.7. The third-order valence-corrected chi connectivity index (χ3v) is 8.12. The number of ketones is 1. The second-order valence-electron chi connectivity index (χ2n) is 6.76. The molecule has 3 aromatic rings. The van der Waals surface area contributed by atoms with Gasteiger partial charge in [0.15, 0.2) is 5.78 Å². The van der Waals surface area contributed by atoms with Crippen LogP contribution in [-0.2, 0) is 13.9 Å². The van der Waals surface area contributed by atoms with Gasteiger partial charge in [-0.2, -0.15) is 0 Å². The number of anilines is 1. The fourth-order valence-corrected chi connectivity index (χ4v) is 6.58. The van der Waals surface area contributed by atoms with Gasteiger partial charge in [-0.05, 0) is 53.1 Å². The highest BCUT2D eigenvalue weighted by atomic mass is 35.5. The second kappa shape index (κ2) is 9.27. The predicted molar refractivity (Wildman–Crippen MR) is 124 cm³/mol. The Morgan fingerprint density at radius 2 is 2.07 bits per heavy atom. The number of thiophene rings is 1. The van der Waals surface area contributed by atoms with E-state index < -0.39 is 13.0 Å². The summed E-state index contributed by atoms with van der Waals surface area (Å²) in [5.74, 6) is -0.158. The summed E-state index contributed by atoms with van der Waals surface area (Å²) >= 11 is 7.67. The maximum atomic E-state index is 13.4. The third kappa shape index (κ3) is 4.99. The summed E-state index contributed by atoms with van der Waals surface area (Å²) in [5, 5.41) is 3.31. The van der Waals surface area contributed by atoms with Crippen molar-refractivity contribution in [3.8, 4) is 0 Å². The maximum Gasteiger partial charge on any atom is 0.214 e. The van der Waals surface area contributed by atoms with Crippen LogP contribution in [0.2, 0.25) is 5.02 Å². The van der Waals surface area contributed by atoms with E-state index in [1.165, 1.54) is 18.0 Å². The minimum absolute atomic E-state index is 0.127. The van der Waals surface area contributed by atoms with E-state index in [-0.39, 0.29) is 18.8 Å². The third-order valence-electron chi connectivity index (χ3n) is 4.63. The summed E-state index contributed by atoms with van der Waals surface area (Å²) in [4.78, 5) is 13.2. The Morgan fingerprint density at radius 3 is 2.79 bits per heavy atom. The minimum Gasteiger partial charge on any atom is -0.398 e. The van der Waals surface area contributed by atoms with Gasteiger partial charge in [0.2, 0.25) is 7.37 Å². The highest BCUT2D eigenvalue weighted by Crippen LogP contribution is 2.59. The van der Waals surface area contributed by atoms with E-state index in [0.29, 0.717) is 16.3 Å². The van der Waals surface area contributed by atoms with E-state index in [9.17, 15) is 9.36 Å². The summed E-state index contributed by atoms with van der Waals surface area (Å²) < 4.78 is 19.9. The summed E-state index contributed by atoms with van der Waals surface area (Å²) in [6.45, 7) is 3.58. The van der Waals surface area contributed by atoms with Gasteiger partial charge >= 0.3 is 0 Å². The zero-order valence-electron chi connectivity index (χ0n) is 16.3. The van der Waals surface area contributed by atoms with Crippen LogP contribution in [0, 0.1) is 0 Å². The van der Waals surface area contributed by atoms with E-state index in [4.69, 9.17) is 21.9 Å². The molecule has 2 unspecified atom stereocenters. The number of halogens is 1. The van der Waals surface area contributed by atoms with Crippen molar-refractivity contribution in [3.05, 3.63) is 70.1 Å². The highest BCUT2D eigenvalue weighted by Gasteiger charge is 2.37. The first-order valence-electron chi connectivity index (χ1n) is 9.25. The Kier molecular flexibility index (Phi) is 6.97. The molecule has 0 aliphatic carbocycles. The van der Waals surface area contributed by atoms with Crippen molar-refractivity contribution in [1.82, 2.24) is 0 Å². The van der Waals surface area contributed by atoms with Crippen molar-refractivity contribution in [2.24, 2.45) is 0 Å². The van der Waals surface area contributed by atoms with Gasteiger partial charge in [-0.3, -0.25) is 9.36 Å². The van der Waals surface area contributed by atoms with Crippen molar-refractivity contribution >= 4 is 57.9 Å². The summed E-state index contributed by atoms with van der Waals surface area (Å²) in [5.41, 5.74) is 7.30. The number of nitrogen functional groups attached to an aromatic ring is 1. The SMILES string of the molecule is CCOP(C)(=O)C(C(=O)C/C=C/c1ccccc1N)c1csc2ccc(Cl)cc12. The number of hydrogen-bond donors (Lipinski definition) is 1. The molecule has 0 aliphatic heterocycles. The molecule has 7 heteroatoms. The lowest BCUT2D eigenvalue weighted by Gasteiger charge is -2.22. The predicted octanol–water partition coefficient (Wildman–Crippen LogP) is 6.80. The zero-order chi connectivity index (χ0) is 21.0. The van der Waals surface area contributed by atoms with Crippen molar-refractivity contribution in [2.75, 3.05) is 19.0 Å². The molecular formula is C22H23ClNO3PS. The molecule has 2 atom stereocenters. The van der Waals surface area contributed by atoms with Crippen LogP contribution in [0.15, 0.2) is 53.9 Å². The molecule has 1 aromatic heterocycles. The van der Waals surface area contributed by atoms with Crippen LogP contribution in [0.5, 0.6) is 0 Å². The van der Waals surface area contributed by atoms with Gasteiger partial charge < -0.3 is 10.3 Å². The van der Waals surface area contributed by atoms with Gasteiger partial charge in [0, 0.05) is 28.5 Å². The minimum atomic E-state index is -3.23. The van der Waals surface area contributed by atoms with Crippen LogP contribution in [0.3, 0.4) is 0 Å². The summed E-state index contributed by atoms with van der Waals surface area (Å²) in [7, 11) is -3.23. The normalized spacial score (nSPS) is 14.9. The lowest BCUT2D eigenvalue weighted by atomic mass is 10.0. The summed E-state index contributed by atoms with van der Waals surface area (Å²) in [6.07, 6.45) is 3.70. The largest absolute Gasteiger partial charge is 0.398 e. The van der Waals surface area contributed by atoms with Crippen LogP contribution < -0.4 is 5.73 Å². The van der Waals surface area contributed by atoms with Gasteiger partial charge in [-0.1, -0.05) is 42.0 Å².